The smallest absolute Gasteiger partial charge is 0.332 e. The minimum atomic E-state index is -0.828. The zero-order chi connectivity index (χ0) is 18.3. The fourth-order valence-electron chi connectivity index (χ4n) is 2.37. The molecular weight excluding hydrogens is 328 g/mol. The largest absolute Gasteiger partial charge is 0.451 e. The van der Waals surface area contributed by atoms with E-state index in [0.29, 0.717) is 5.39 Å². The lowest BCUT2D eigenvalue weighted by Crippen LogP contribution is -2.40. The number of hydrogen-bond donors (Lipinski definition) is 2. The summed E-state index contributed by atoms with van der Waals surface area (Å²) in [5, 5.41) is 2.64. The molecule has 128 valence electrons. The highest BCUT2D eigenvalue weighted by Crippen LogP contribution is 2.14. The maximum Gasteiger partial charge on any atom is 0.332 e. The number of amides is 1. The van der Waals surface area contributed by atoms with E-state index in [4.69, 9.17) is 10.2 Å². The Hall–Kier alpha value is -3.62. The van der Waals surface area contributed by atoms with Crippen molar-refractivity contribution in [3.8, 4) is 0 Å². The van der Waals surface area contributed by atoms with Gasteiger partial charge in [0.1, 0.15) is 17.1 Å². The van der Waals surface area contributed by atoms with Crippen LogP contribution in [0.15, 0.2) is 49.1 Å². The maximum absolute atomic E-state index is 12.4. The Labute approximate surface area is 139 Å². The molecule has 1 aromatic carbocycles. The van der Waals surface area contributed by atoms with Crippen molar-refractivity contribution in [2.45, 2.75) is 0 Å². The Bertz CT molecular complexity index is 1190. The number of rotatable bonds is 2. The molecule has 0 radical (unpaired) electrons. The molecule has 0 saturated heterocycles. The average Bonchev–Trinajstić information content (AvgIpc) is 2.61. The van der Waals surface area contributed by atoms with Gasteiger partial charge in [-0.1, -0.05) is 12.1 Å². The van der Waals surface area contributed by atoms with E-state index in [2.05, 4.69) is 5.32 Å². The second-order valence-electron chi connectivity index (χ2n) is 5.39. The zero-order valence-corrected chi connectivity index (χ0v) is 13.4. The van der Waals surface area contributed by atoms with Gasteiger partial charge < -0.3 is 15.5 Å². The van der Waals surface area contributed by atoms with Gasteiger partial charge in [-0.25, -0.2) is 4.79 Å². The summed E-state index contributed by atoms with van der Waals surface area (Å²) in [5.41, 5.74) is 3.92. The zero-order valence-electron chi connectivity index (χ0n) is 13.4. The second-order valence-corrected chi connectivity index (χ2v) is 5.39. The lowest BCUT2D eigenvalue weighted by Gasteiger charge is -2.12. The van der Waals surface area contributed by atoms with E-state index in [-0.39, 0.29) is 22.8 Å². The normalized spacial score (nSPS) is 10.8. The van der Waals surface area contributed by atoms with Crippen molar-refractivity contribution in [2.24, 2.45) is 14.1 Å². The van der Waals surface area contributed by atoms with E-state index >= 15 is 0 Å². The molecule has 3 N–H and O–H groups in total. The number of fused-ring (bicyclic) bond motifs is 1. The van der Waals surface area contributed by atoms with E-state index in [1.807, 2.05) is 0 Å². The number of carbonyl (C=O) groups excluding carboxylic acids is 1. The van der Waals surface area contributed by atoms with Crippen molar-refractivity contribution in [3.05, 3.63) is 67.2 Å². The van der Waals surface area contributed by atoms with Gasteiger partial charge in [-0.05, 0) is 12.1 Å². The van der Waals surface area contributed by atoms with Crippen LogP contribution in [0, 0.1) is 0 Å². The van der Waals surface area contributed by atoms with Crippen LogP contribution in [0.2, 0.25) is 0 Å². The summed E-state index contributed by atoms with van der Waals surface area (Å²) < 4.78 is 7.24. The van der Waals surface area contributed by atoms with Gasteiger partial charge in [0.25, 0.3) is 11.5 Å². The van der Waals surface area contributed by atoms with Crippen LogP contribution in [-0.4, -0.2) is 15.0 Å². The Kier molecular flexibility index (Phi) is 3.76. The van der Waals surface area contributed by atoms with Gasteiger partial charge in [0.05, 0.1) is 5.39 Å². The van der Waals surface area contributed by atoms with Crippen molar-refractivity contribution in [2.75, 3.05) is 11.1 Å². The number of carbonyl (C=O) groups is 1. The van der Waals surface area contributed by atoms with Crippen LogP contribution in [0.4, 0.5) is 11.5 Å². The Morgan fingerprint density at radius 1 is 1.12 bits per heavy atom. The third-order valence-electron chi connectivity index (χ3n) is 3.81. The third kappa shape index (κ3) is 2.61. The minimum Gasteiger partial charge on any atom is -0.451 e. The van der Waals surface area contributed by atoms with E-state index in [9.17, 15) is 19.2 Å². The number of nitrogens with zero attached hydrogens (tertiary/aromatic N) is 2. The number of anilines is 2. The van der Waals surface area contributed by atoms with E-state index in [0.717, 1.165) is 15.2 Å². The van der Waals surface area contributed by atoms with Crippen LogP contribution in [0.25, 0.3) is 11.0 Å². The molecule has 3 aromatic rings. The summed E-state index contributed by atoms with van der Waals surface area (Å²) in [6.07, 6.45) is 0. The van der Waals surface area contributed by atoms with Gasteiger partial charge in [-0.2, -0.15) is 0 Å². The van der Waals surface area contributed by atoms with Crippen LogP contribution in [0.3, 0.4) is 0 Å². The Balaban J connectivity index is 2.09. The molecule has 0 fully saturated rings. The van der Waals surface area contributed by atoms with Gasteiger partial charge in [-0.15, -0.1) is 0 Å². The van der Waals surface area contributed by atoms with Crippen molar-refractivity contribution >= 4 is 28.4 Å². The molecule has 2 heterocycles. The first-order chi connectivity index (χ1) is 11.8. The third-order valence-corrected chi connectivity index (χ3v) is 3.81. The standard InChI is InChI=1S/C16H14N4O5/c1-19-13(17)12(15(23)20(2)16(19)24)18-14(22)11-7-9(21)8-5-3-4-6-10(8)25-11/h3-7H,17H2,1-2H3,(H,18,22). The van der Waals surface area contributed by atoms with Crippen LogP contribution in [0.5, 0.6) is 0 Å². The number of para-hydroxylation sites is 1. The molecule has 0 aliphatic rings. The second kappa shape index (κ2) is 5.78. The summed E-state index contributed by atoms with van der Waals surface area (Å²) in [4.78, 5) is 48.4. The lowest BCUT2D eigenvalue weighted by molar-refractivity contribution is 0.0997. The number of nitrogens with one attached hydrogen (secondary N) is 1. The summed E-state index contributed by atoms with van der Waals surface area (Å²) >= 11 is 0. The quantitative estimate of drug-likeness (QED) is 0.675. The first-order valence-corrected chi connectivity index (χ1v) is 7.21. The monoisotopic (exact) mass is 342 g/mol. The molecule has 0 unspecified atom stereocenters. The Morgan fingerprint density at radius 3 is 2.52 bits per heavy atom. The van der Waals surface area contributed by atoms with Crippen molar-refractivity contribution in [1.29, 1.82) is 0 Å². The van der Waals surface area contributed by atoms with Crippen molar-refractivity contribution in [3.63, 3.8) is 0 Å². The molecule has 0 bridgehead atoms. The number of aromatic nitrogens is 2. The predicted molar refractivity (Wildman–Crippen MR) is 91.8 cm³/mol. The lowest BCUT2D eigenvalue weighted by atomic mass is 10.2. The average molecular weight is 342 g/mol. The molecule has 0 atom stereocenters. The van der Waals surface area contributed by atoms with Crippen molar-refractivity contribution < 1.29 is 9.21 Å². The molecule has 0 spiro atoms. The molecule has 3 rings (SSSR count). The van der Waals surface area contributed by atoms with Crippen molar-refractivity contribution in [1.82, 2.24) is 9.13 Å². The van der Waals surface area contributed by atoms with E-state index in [1.54, 1.807) is 24.3 Å². The van der Waals surface area contributed by atoms with Gasteiger partial charge in [-0.3, -0.25) is 23.5 Å². The highest BCUT2D eigenvalue weighted by Gasteiger charge is 2.19. The van der Waals surface area contributed by atoms with Crippen LogP contribution in [0.1, 0.15) is 10.6 Å². The molecule has 9 nitrogen and oxygen atoms in total. The molecule has 2 aromatic heterocycles. The highest BCUT2D eigenvalue weighted by atomic mass is 16.3. The first kappa shape index (κ1) is 16.2. The number of nitrogen functional groups attached to an aromatic ring is 1. The van der Waals surface area contributed by atoms with E-state index in [1.165, 1.54) is 14.1 Å². The summed E-state index contributed by atoms with van der Waals surface area (Å²) in [5.74, 6) is -1.31. The predicted octanol–water partition coefficient (Wildman–Crippen LogP) is 0.0249. The molecule has 0 saturated carbocycles. The first-order valence-electron chi connectivity index (χ1n) is 7.21. The number of nitrogens with two attached hydrogens (primary N) is 1. The molecule has 0 aliphatic carbocycles. The fraction of sp³-hybridized carbons (Fsp3) is 0.125. The van der Waals surface area contributed by atoms with Crippen LogP contribution >= 0.6 is 0 Å². The molecule has 9 heteroatoms. The molecule has 0 aliphatic heterocycles. The van der Waals surface area contributed by atoms with Crippen LogP contribution < -0.4 is 27.7 Å². The highest BCUT2D eigenvalue weighted by molar-refractivity contribution is 6.04. The van der Waals surface area contributed by atoms with Crippen LogP contribution in [-0.2, 0) is 14.1 Å². The van der Waals surface area contributed by atoms with E-state index < -0.39 is 22.6 Å². The van der Waals surface area contributed by atoms with Gasteiger partial charge >= 0.3 is 5.69 Å². The van der Waals surface area contributed by atoms with Gasteiger partial charge in [0.2, 0.25) is 0 Å². The van der Waals surface area contributed by atoms with Gasteiger partial charge in [0, 0.05) is 20.2 Å². The van der Waals surface area contributed by atoms with Gasteiger partial charge in [0.15, 0.2) is 11.2 Å². The summed E-state index contributed by atoms with van der Waals surface area (Å²) in [7, 11) is 2.62. The molecule has 25 heavy (non-hydrogen) atoms. The Morgan fingerprint density at radius 2 is 1.80 bits per heavy atom. The molecular formula is C16H14N4O5. The number of benzene rings is 1. The SMILES string of the molecule is Cn1c(N)c(NC(=O)c2cc(=O)c3ccccc3o2)c(=O)n(C)c1=O. The number of hydrogen-bond acceptors (Lipinski definition) is 6. The summed E-state index contributed by atoms with van der Waals surface area (Å²) in [6, 6.07) is 7.48. The minimum absolute atomic E-state index is 0.204. The topological polar surface area (TPSA) is 129 Å². The maximum atomic E-state index is 12.4. The summed E-state index contributed by atoms with van der Waals surface area (Å²) in [6.45, 7) is 0. The fourth-order valence-corrected chi connectivity index (χ4v) is 2.37. The molecule has 1 amide bonds.